The summed E-state index contributed by atoms with van der Waals surface area (Å²) < 4.78 is 4.85. The van der Waals surface area contributed by atoms with E-state index in [1.807, 2.05) is 6.20 Å². The van der Waals surface area contributed by atoms with Crippen LogP contribution in [0.2, 0.25) is 0 Å². The van der Waals surface area contributed by atoms with Crippen molar-refractivity contribution in [3.63, 3.8) is 0 Å². The Kier molecular flexibility index (Phi) is 4.00. The van der Waals surface area contributed by atoms with Crippen molar-refractivity contribution in [2.45, 2.75) is 19.3 Å². The third-order valence-electron chi connectivity index (χ3n) is 8.06. The monoisotopic (exact) mass is 475 g/mol. The highest BCUT2D eigenvalue weighted by Crippen LogP contribution is 2.52. The molecule has 176 valence electrons. The molecule has 3 nitrogen and oxygen atoms in total. The lowest BCUT2D eigenvalue weighted by molar-refractivity contribution is 0.604. The SMILES string of the molecule is CC1(C)c2ncccc2-c2c1n(-c1cccc(-n3c4ccccc4c4ccccc43)c1)c1ccccc21. The summed E-state index contributed by atoms with van der Waals surface area (Å²) in [6.07, 6.45) is 1.92. The summed E-state index contributed by atoms with van der Waals surface area (Å²) in [4.78, 5) is 4.85. The van der Waals surface area contributed by atoms with Crippen molar-refractivity contribution in [3.05, 3.63) is 127 Å². The van der Waals surface area contributed by atoms with Crippen molar-refractivity contribution in [2.75, 3.05) is 0 Å². The van der Waals surface area contributed by atoms with Crippen LogP contribution in [0.1, 0.15) is 25.2 Å². The maximum Gasteiger partial charge on any atom is 0.0598 e. The predicted octanol–water partition coefficient (Wildman–Crippen LogP) is 8.43. The third-order valence-corrected chi connectivity index (χ3v) is 8.06. The summed E-state index contributed by atoms with van der Waals surface area (Å²) in [6.45, 7) is 4.60. The van der Waals surface area contributed by atoms with Gasteiger partial charge in [-0.25, -0.2) is 0 Å². The average Bonchev–Trinajstić information content (AvgIpc) is 3.54. The Balaban J connectivity index is 1.45. The highest BCUT2D eigenvalue weighted by Gasteiger charge is 2.42. The van der Waals surface area contributed by atoms with Gasteiger partial charge in [0.25, 0.3) is 0 Å². The molecule has 0 spiro atoms. The molecule has 0 saturated carbocycles. The molecule has 0 bridgehead atoms. The molecule has 0 radical (unpaired) electrons. The standard InChI is InChI=1S/C34H25N3/c1-34(2)32-27(16-10-20-35-32)31-26-15-5-8-19-30(26)37(33(31)34)23-12-9-11-22(21-23)36-28-17-6-3-13-24(28)25-14-4-7-18-29(25)36/h3-21H,1-2H3. The summed E-state index contributed by atoms with van der Waals surface area (Å²) in [7, 11) is 0. The zero-order valence-electron chi connectivity index (χ0n) is 20.8. The van der Waals surface area contributed by atoms with Gasteiger partial charge in [0, 0.05) is 56.0 Å². The number of benzene rings is 4. The van der Waals surface area contributed by atoms with E-state index in [0.29, 0.717) is 0 Å². The van der Waals surface area contributed by atoms with E-state index >= 15 is 0 Å². The van der Waals surface area contributed by atoms with Crippen LogP contribution in [0, 0.1) is 0 Å². The first-order chi connectivity index (χ1) is 18.1. The number of hydrogen-bond donors (Lipinski definition) is 0. The summed E-state index contributed by atoms with van der Waals surface area (Å²) in [5.41, 5.74) is 10.8. The van der Waals surface area contributed by atoms with Crippen LogP contribution < -0.4 is 0 Å². The van der Waals surface area contributed by atoms with Gasteiger partial charge < -0.3 is 9.13 Å². The van der Waals surface area contributed by atoms with Gasteiger partial charge in [-0.2, -0.15) is 0 Å². The first-order valence-corrected chi connectivity index (χ1v) is 12.8. The Morgan fingerprint density at radius 3 is 1.81 bits per heavy atom. The van der Waals surface area contributed by atoms with Gasteiger partial charge in [0.15, 0.2) is 0 Å². The molecule has 3 heterocycles. The van der Waals surface area contributed by atoms with Gasteiger partial charge in [0.05, 0.1) is 22.2 Å². The molecule has 0 atom stereocenters. The van der Waals surface area contributed by atoms with E-state index in [-0.39, 0.29) is 5.41 Å². The minimum absolute atomic E-state index is 0.214. The summed E-state index contributed by atoms with van der Waals surface area (Å²) in [5.74, 6) is 0. The number of pyridine rings is 1. The number of rotatable bonds is 2. The van der Waals surface area contributed by atoms with Crippen LogP contribution in [0.5, 0.6) is 0 Å². The molecule has 0 saturated heterocycles. The first-order valence-electron chi connectivity index (χ1n) is 12.8. The van der Waals surface area contributed by atoms with Crippen LogP contribution in [0.25, 0.3) is 55.2 Å². The third kappa shape index (κ3) is 2.63. The number of aromatic nitrogens is 3. The normalized spacial score (nSPS) is 13.9. The lowest BCUT2D eigenvalue weighted by Crippen LogP contribution is -2.21. The molecule has 7 aromatic rings. The molecule has 1 aliphatic rings. The fourth-order valence-electron chi connectivity index (χ4n) is 6.56. The fraction of sp³-hybridized carbons (Fsp3) is 0.0882. The molecule has 0 amide bonds. The van der Waals surface area contributed by atoms with Crippen LogP contribution in [0.4, 0.5) is 0 Å². The maximum absolute atomic E-state index is 4.85. The lowest BCUT2D eigenvalue weighted by Gasteiger charge is -2.24. The molecule has 37 heavy (non-hydrogen) atoms. The second-order valence-electron chi connectivity index (χ2n) is 10.5. The van der Waals surface area contributed by atoms with Crippen molar-refractivity contribution in [2.24, 2.45) is 0 Å². The van der Waals surface area contributed by atoms with Gasteiger partial charge in [-0.1, -0.05) is 66.7 Å². The molecular formula is C34H25N3. The molecule has 0 aliphatic heterocycles. The van der Waals surface area contributed by atoms with Gasteiger partial charge in [-0.3, -0.25) is 4.98 Å². The van der Waals surface area contributed by atoms with Crippen molar-refractivity contribution >= 4 is 32.7 Å². The average molecular weight is 476 g/mol. The molecule has 1 aliphatic carbocycles. The fourth-order valence-corrected chi connectivity index (χ4v) is 6.56. The molecule has 0 fully saturated rings. The van der Waals surface area contributed by atoms with Crippen LogP contribution in [-0.2, 0) is 5.41 Å². The lowest BCUT2D eigenvalue weighted by atomic mass is 9.89. The van der Waals surface area contributed by atoms with Crippen LogP contribution in [-0.4, -0.2) is 14.1 Å². The van der Waals surface area contributed by atoms with E-state index in [9.17, 15) is 0 Å². The number of hydrogen-bond acceptors (Lipinski definition) is 1. The van der Waals surface area contributed by atoms with Gasteiger partial charge in [0.2, 0.25) is 0 Å². The van der Waals surface area contributed by atoms with E-state index in [0.717, 1.165) is 17.1 Å². The molecule has 3 heteroatoms. The zero-order valence-corrected chi connectivity index (χ0v) is 20.8. The molecule has 0 N–H and O–H groups in total. The van der Waals surface area contributed by atoms with Crippen LogP contribution in [0.15, 0.2) is 115 Å². The van der Waals surface area contributed by atoms with E-state index < -0.39 is 0 Å². The summed E-state index contributed by atoms with van der Waals surface area (Å²) in [5, 5.41) is 3.83. The van der Waals surface area contributed by atoms with E-state index in [4.69, 9.17) is 4.98 Å². The number of fused-ring (bicyclic) bond motifs is 8. The van der Waals surface area contributed by atoms with Crippen LogP contribution >= 0.6 is 0 Å². The second kappa shape index (κ2) is 7.21. The van der Waals surface area contributed by atoms with Gasteiger partial charge in [-0.05, 0) is 56.3 Å². The topological polar surface area (TPSA) is 22.8 Å². The van der Waals surface area contributed by atoms with Gasteiger partial charge in [-0.15, -0.1) is 0 Å². The second-order valence-corrected chi connectivity index (χ2v) is 10.5. The number of para-hydroxylation sites is 3. The highest BCUT2D eigenvalue weighted by atomic mass is 15.0. The Labute approximate surface area is 215 Å². The quantitative estimate of drug-likeness (QED) is 0.246. The highest BCUT2D eigenvalue weighted by molar-refractivity contribution is 6.09. The number of nitrogens with zero attached hydrogens (tertiary/aromatic N) is 3. The van der Waals surface area contributed by atoms with Crippen LogP contribution in [0.3, 0.4) is 0 Å². The van der Waals surface area contributed by atoms with E-state index in [1.54, 1.807) is 0 Å². The van der Waals surface area contributed by atoms with Gasteiger partial charge >= 0.3 is 0 Å². The minimum atomic E-state index is -0.214. The Hall–Kier alpha value is -4.63. The molecule has 0 unspecified atom stereocenters. The van der Waals surface area contributed by atoms with Crippen molar-refractivity contribution in [1.82, 2.24) is 14.1 Å². The molecular weight excluding hydrogens is 450 g/mol. The predicted molar refractivity (Wildman–Crippen MR) is 153 cm³/mol. The van der Waals surface area contributed by atoms with Gasteiger partial charge in [0.1, 0.15) is 0 Å². The van der Waals surface area contributed by atoms with E-state index in [2.05, 4.69) is 132 Å². The molecule has 3 aromatic heterocycles. The molecule has 8 rings (SSSR count). The minimum Gasteiger partial charge on any atom is -0.312 e. The van der Waals surface area contributed by atoms with E-state index in [1.165, 1.54) is 49.5 Å². The largest absolute Gasteiger partial charge is 0.312 e. The summed E-state index contributed by atoms with van der Waals surface area (Å²) >= 11 is 0. The smallest absolute Gasteiger partial charge is 0.0598 e. The van der Waals surface area contributed by atoms with Crippen molar-refractivity contribution < 1.29 is 0 Å². The summed E-state index contributed by atoms with van der Waals surface area (Å²) in [6, 6.07) is 39.4. The van der Waals surface area contributed by atoms with Crippen molar-refractivity contribution in [3.8, 4) is 22.5 Å². The maximum atomic E-state index is 4.85. The Morgan fingerprint density at radius 1 is 0.568 bits per heavy atom. The Bertz CT molecular complexity index is 1970. The molecule has 4 aromatic carbocycles. The zero-order chi connectivity index (χ0) is 24.7. The van der Waals surface area contributed by atoms with Crippen molar-refractivity contribution in [1.29, 1.82) is 0 Å². The first kappa shape index (κ1) is 20.6. The Morgan fingerprint density at radius 2 is 1.14 bits per heavy atom.